The summed E-state index contributed by atoms with van der Waals surface area (Å²) in [7, 11) is 0. The summed E-state index contributed by atoms with van der Waals surface area (Å²) in [5.74, 6) is 1.19. The summed E-state index contributed by atoms with van der Waals surface area (Å²) in [5.41, 5.74) is -0.200. The van der Waals surface area contributed by atoms with Crippen molar-refractivity contribution in [3.8, 4) is 5.88 Å². The molecule has 1 heterocycles. The van der Waals surface area contributed by atoms with Gasteiger partial charge in [0.05, 0.1) is 6.61 Å². The molecule has 1 aromatic heterocycles. The third kappa shape index (κ3) is 6.59. The average molecular weight is 266 g/mol. The van der Waals surface area contributed by atoms with E-state index < -0.39 is 0 Å². The Morgan fingerprint density at radius 3 is 2.74 bits per heavy atom. The summed E-state index contributed by atoms with van der Waals surface area (Å²) in [6.45, 7) is 8.84. The number of amides is 1. The summed E-state index contributed by atoms with van der Waals surface area (Å²) in [6.07, 6.45) is 1.83. The van der Waals surface area contributed by atoms with Gasteiger partial charge in [-0.1, -0.05) is 0 Å². The van der Waals surface area contributed by atoms with Gasteiger partial charge in [-0.25, -0.2) is 9.97 Å². The Balaban J connectivity index is 2.36. The number of nitrogens with one attached hydrogen (secondary N) is 2. The molecule has 0 fully saturated rings. The Labute approximate surface area is 114 Å². The van der Waals surface area contributed by atoms with E-state index in [-0.39, 0.29) is 11.4 Å². The fourth-order valence-electron chi connectivity index (χ4n) is 1.45. The Morgan fingerprint density at radius 2 is 2.11 bits per heavy atom. The first-order chi connectivity index (χ1) is 8.90. The molecule has 1 rings (SSSR count). The molecule has 1 amide bonds. The van der Waals surface area contributed by atoms with E-state index in [9.17, 15) is 4.79 Å². The van der Waals surface area contributed by atoms with E-state index in [1.165, 1.54) is 6.33 Å². The molecule has 6 nitrogen and oxygen atoms in total. The van der Waals surface area contributed by atoms with Gasteiger partial charge in [0.1, 0.15) is 12.1 Å². The number of ether oxygens (including phenoxy) is 1. The lowest BCUT2D eigenvalue weighted by atomic mass is 10.1. The van der Waals surface area contributed by atoms with Gasteiger partial charge in [0.25, 0.3) is 0 Å². The van der Waals surface area contributed by atoms with Gasteiger partial charge in [0, 0.05) is 24.6 Å². The molecule has 0 aromatic carbocycles. The molecule has 1 aromatic rings. The van der Waals surface area contributed by atoms with E-state index in [0.29, 0.717) is 31.3 Å². The van der Waals surface area contributed by atoms with Crippen molar-refractivity contribution in [3.63, 3.8) is 0 Å². The first-order valence-electron chi connectivity index (χ1n) is 6.40. The zero-order chi connectivity index (χ0) is 14.3. The van der Waals surface area contributed by atoms with Crippen LogP contribution in [0.5, 0.6) is 5.88 Å². The largest absolute Gasteiger partial charge is 0.478 e. The Hall–Kier alpha value is -1.85. The minimum absolute atomic E-state index is 0.0130. The number of nitrogens with zero attached hydrogens (tertiary/aromatic N) is 2. The number of aromatic nitrogens is 2. The molecule has 0 aliphatic heterocycles. The maximum absolute atomic E-state index is 11.6. The van der Waals surface area contributed by atoms with Crippen molar-refractivity contribution in [2.75, 3.05) is 18.5 Å². The van der Waals surface area contributed by atoms with Gasteiger partial charge < -0.3 is 15.4 Å². The summed E-state index contributed by atoms with van der Waals surface area (Å²) in [6, 6.07) is 1.71. The highest BCUT2D eigenvalue weighted by atomic mass is 16.5. The van der Waals surface area contributed by atoms with Crippen LogP contribution in [0.4, 0.5) is 5.82 Å². The van der Waals surface area contributed by atoms with Crippen molar-refractivity contribution in [1.29, 1.82) is 0 Å². The molecule has 19 heavy (non-hydrogen) atoms. The standard InChI is InChI=1S/C13H22N4O2/c1-5-19-12-8-10(15-9-16-12)14-7-6-11(18)17-13(2,3)4/h8-9H,5-7H2,1-4H3,(H,17,18)(H,14,15,16). The molecule has 0 aliphatic rings. The van der Waals surface area contributed by atoms with Gasteiger partial charge in [0.15, 0.2) is 0 Å². The lowest BCUT2D eigenvalue weighted by molar-refractivity contribution is -0.122. The van der Waals surface area contributed by atoms with Crippen LogP contribution in [0.2, 0.25) is 0 Å². The second kappa shape index (κ2) is 6.92. The van der Waals surface area contributed by atoms with Gasteiger partial charge in [0.2, 0.25) is 11.8 Å². The van der Waals surface area contributed by atoms with Gasteiger partial charge in [-0.15, -0.1) is 0 Å². The summed E-state index contributed by atoms with van der Waals surface area (Å²) >= 11 is 0. The highest BCUT2D eigenvalue weighted by Gasteiger charge is 2.13. The summed E-state index contributed by atoms with van der Waals surface area (Å²) < 4.78 is 5.27. The summed E-state index contributed by atoms with van der Waals surface area (Å²) in [4.78, 5) is 19.6. The first kappa shape index (κ1) is 15.2. The molecule has 0 saturated carbocycles. The highest BCUT2D eigenvalue weighted by Crippen LogP contribution is 2.10. The van der Waals surface area contributed by atoms with E-state index in [4.69, 9.17) is 4.74 Å². The fraction of sp³-hybridized carbons (Fsp3) is 0.615. The van der Waals surface area contributed by atoms with Crippen LogP contribution in [0.25, 0.3) is 0 Å². The lowest BCUT2D eigenvalue weighted by Gasteiger charge is -2.20. The van der Waals surface area contributed by atoms with E-state index in [1.807, 2.05) is 27.7 Å². The SMILES string of the molecule is CCOc1cc(NCCC(=O)NC(C)(C)C)ncn1. The van der Waals surface area contributed by atoms with Crippen LogP contribution in [0, 0.1) is 0 Å². The maximum Gasteiger partial charge on any atom is 0.222 e. The minimum atomic E-state index is -0.200. The van der Waals surface area contributed by atoms with E-state index in [0.717, 1.165) is 0 Å². The van der Waals surface area contributed by atoms with Crippen molar-refractivity contribution >= 4 is 11.7 Å². The predicted molar refractivity (Wildman–Crippen MR) is 74.2 cm³/mol. The van der Waals surface area contributed by atoms with Crippen LogP contribution >= 0.6 is 0 Å². The molecule has 0 aliphatic carbocycles. The number of rotatable bonds is 6. The van der Waals surface area contributed by atoms with Gasteiger partial charge in [-0.2, -0.15) is 0 Å². The van der Waals surface area contributed by atoms with Crippen LogP contribution < -0.4 is 15.4 Å². The van der Waals surface area contributed by atoms with Crippen molar-refractivity contribution in [2.45, 2.75) is 39.7 Å². The monoisotopic (exact) mass is 266 g/mol. The molecule has 6 heteroatoms. The second-order valence-electron chi connectivity index (χ2n) is 5.15. The molecule has 0 atom stereocenters. The second-order valence-corrected chi connectivity index (χ2v) is 5.15. The van der Waals surface area contributed by atoms with E-state index in [1.54, 1.807) is 6.07 Å². The quantitative estimate of drug-likeness (QED) is 0.817. The van der Waals surface area contributed by atoms with E-state index in [2.05, 4.69) is 20.6 Å². The molecule has 0 radical (unpaired) electrons. The first-order valence-corrected chi connectivity index (χ1v) is 6.40. The molecule has 2 N–H and O–H groups in total. The van der Waals surface area contributed by atoms with Crippen molar-refractivity contribution in [3.05, 3.63) is 12.4 Å². The molecular weight excluding hydrogens is 244 g/mol. The van der Waals surface area contributed by atoms with Gasteiger partial charge in [-0.05, 0) is 27.7 Å². The third-order valence-electron chi connectivity index (χ3n) is 2.11. The van der Waals surface area contributed by atoms with Crippen molar-refractivity contribution in [2.24, 2.45) is 0 Å². The van der Waals surface area contributed by atoms with Gasteiger partial charge >= 0.3 is 0 Å². The van der Waals surface area contributed by atoms with Crippen LogP contribution in [0.1, 0.15) is 34.1 Å². The fourth-order valence-corrected chi connectivity index (χ4v) is 1.45. The zero-order valence-corrected chi connectivity index (χ0v) is 12.0. The third-order valence-corrected chi connectivity index (χ3v) is 2.11. The van der Waals surface area contributed by atoms with Crippen LogP contribution in [-0.2, 0) is 4.79 Å². The molecule has 0 spiro atoms. The van der Waals surface area contributed by atoms with Crippen LogP contribution in [0.3, 0.4) is 0 Å². The smallest absolute Gasteiger partial charge is 0.222 e. The number of hydrogen-bond acceptors (Lipinski definition) is 5. The molecule has 106 valence electrons. The van der Waals surface area contributed by atoms with Gasteiger partial charge in [-0.3, -0.25) is 4.79 Å². The average Bonchev–Trinajstić information content (AvgIpc) is 2.27. The number of carbonyl (C=O) groups is 1. The normalized spacial score (nSPS) is 10.9. The molecule has 0 unspecified atom stereocenters. The Kier molecular flexibility index (Phi) is 5.54. The van der Waals surface area contributed by atoms with Crippen LogP contribution in [-0.4, -0.2) is 34.6 Å². The molecule has 0 saturated heterocycles. The highest BCUT2D eigenvalue weighted by molar-refractivity contribution is 5.77. The minimum Gasteiger partial charge on any atom is -0.478 e. The maximum atomic E-state index is 11.6. The number of anilines is 1. The Bertz CT molecular complexity index is 415. The van der Waals surface area contributed by atoms with E-state index >= 15 is 0 Å². The molecular formula is C13H22N4O2. The Morgan fingerprint density at radius 1 is 1.37 bits per heavy atom. The summed E-state index contributed by atoms with van der Waals surface area (Å²) in [5, 5.41) is 5.97. The number of carbonyl (C=O) groups excluding carboxylic acids is 1. The molecule has 0 bridgehead atoms. The van der Waals surface area contributed by atoms with Crippen LogP contribution in [0.15, 0.2) is 12.4 Å². The number of hydrogen-bond donors (Lipinski definition) is 2. The zero-order valence-electron chi connectivity index (χ0n) is 12.0. The lowest BCUT2D eigenvalue weighted by Crippen LogP contribution is -2.41. The van der Waals surface area contributed by atoms with Crippen molar-refractivity contribution in [1.82, 2.24) is 15.3 Å². The topological polar surface area (TPSA) is 76.1 Å². The predicted octanol–water partition coefficient (Wildman–Crippen LogP) is 1.59. The van der Waals surface area contributed by atoms with Crippen molar-refractivity contribution < 1.29 is 9.53 Å².